The molecule has 0 aromatic heterocycles. The summed E-state index contributed by atoms with van der Waals surface area (Å²) in [5.74, 6) is 0.325. The average Bonchev–Trinajstić information content (AvgIpc) is 2.65. The van der Waals surface area contributed by atoms with Gasteiger partial charge in [-0.25, -0.2) is 0 Å². The van der Waals surface area contributed by atoms with Gasteiger partial charge in [0.1, 0.15) is 11.6 Å². The van der Waals surface area contributed by atoms with E-state index >= 15 is 0 Å². The third-order valence-electron chi connectivity index (χ3n) is 3.78. The number of nitrogens with one attached hydrogen (secondary N) is 1. The molecule has 0 saturated heterocycles. The first-order valence-electron chi connectivity index (χ1n) is 7.96. The van der Waals surface area contributed by atoms with E-state index in [1.807, 2.05) is 31.2 Å². The summed E-state index contributed by atoms with van der Waals surface area (Å²) in [5.41, 5.74) is 2.20. The second-order valence-corrected chi connectivity index (χ2v) is 5.78. The number of amides is 1. The van der Waals surface area contributed by atoms with Gasteiger partial charge >= 0.3 is 0 Å². The number of rotatable bonds is 6. The van der Waals surface area contributed by atoms with Crippen LogP contribution in [0.1, 0.15) is 18.1 Å². The number of carbonyl (C=O) groups is 1. The van der Waals surface area contributed by atoms with Gasteiger partial charge in [-0.15, -0.1) is 0 Å². The number of methoxy groups -OCH3 is 2. The van der Waals surface area contributed by atoms with Crippen molar-refractivity contribution in [2.24, 2.45) is 0 Å². The zero-order valence-electron chi connectivity index (χ0n) is 14.8. The van der Waals surface area contributed by atoms with E-state index in [2.05, 4.69) is 5.32 Å². The average molecular weight is 371 g/mol. The molecule has 0 atom stereocenters. The molecule has 1 N–H and O–H groups in total. The molecule has 2 aromatic rings. The second kappa shape index (κ2) is 8.93. The van der Waals surface area contributed by atoms with Crippen LogP contribution in [0.4, 0.5) is 5.69 Å². The molecule has 0 aliphatic carbocycles. The standard InChI is InChI=1S/C20H19ClN2O3/c1-4-14-7-5-6-8-17(14)23-20(24)15(12-22)9-13-10-16(21)19(26-3)18(11-13)25-2/h5-11H,4H2,1-3H3,(H,23,24)/b15-9+. The van der Waals surface area contributed by atoms with Crippen LogP contribution in [0.2, 0.25) is 5.02 Å². The summed E-state index contributed by atoms with van der Waals surface area (Å²) in [6.07, 6.45) is 2.23. The predicted octanol–water partition coefficient (Wildman–Crippen LogP) is 4.47. The number of para-hydroxylation sites is 1. The van der Waals surface area contributed by atoms with Crippen LogP contribution in [0.3, 0.4) is 0 Å². The Bertz CT molecular complexity index is 885. The maximum atomic E-state index is 12.5. The first kappa shape index (κ1) is 19.4. The largest absolute Gasteiger partial charge is 0.493 e. The fraction of sp³-hybridized carbons (Fsp3) is 0.200. The number of aryl methyl sites for hydroxylation is 1. The molecule has 6 heteroatoms. The zero-order valence-corrected chi connectivity index (χ0v) is 15.6. The van der Waals surface area contributed by atoms with E-state index in [1.54, 1.807) is 18.2 Å². The summed E-state index contributed by atoms with van der Waals surface area (Å²) in [5, 5.41) is 12.5. The Hall–Kier alpha value is -2.97. The van der Waals surface area contributed by atoms with Gasteiger partial charge in [0.05, 0.1) is 19.2 Å². The van der Waals surface area contributed by atoms with Crippen molar-refractivity contribution in [1.82, 2.24) is 0 Å². The van der Waals surface area contributed by atoms with E-state index in [0.717, 1.165) is 12.0 Å². The Kier molecular flexibility index (Phi) is 6.65. The summed E-state index contributed by atoms with van der Waals surface area (Å²) in [7, 11) is 2.97. The number of benzene rings is 2. The van der Waals surface area contributed by atoms with Crippen LogP contribution in [0.25, 0.3) is 6.08 Å². The monoisotopic (exact) mass is 370 g/mol. The summed E-state index contributed by atoms with van der Waals surface area (Å²) < 4.78 is 10.4. The molecule has 0 spiro atoms. The molecular formula is C20H19ClN2O3. The molecule has 0 unspecified atom stereocenters. The van der Waals surface area contributed by atoms with Gasteiger partial charge in [-0.05, 0) is 41.8 Å². The lowest BCUT2D eigenvalue weighted by atomic mass is 10.1. The van der Waals surface area contributed by atoms with E-state index in [9.17, 15) is 10.1 Å². The molecule has 0 radical (unpaired) electrons. The molecule has 1 amide bonds. The predicted molar refractivity (Wildman–Crippen MR) is 103 cm³/mol. The number of nitriles is 1. The Morgan fingerprint density at radius 3 is 2.62 bits per heavy atom. The molecule has 5 nitrogen and oxygen atoms in total. The quantitative estimate of drug-likeness (QED) is 0.601. The van der Waals surface area contributed by atoms with Gasteiger partial charge in [0.15, 0.2) is 11.5 Å². The molecule has 0 fully saturated rings. The highest BCUT2D eigenvalue weighted by atomic mass is 35.5. The first-order chi connectivity index (χ1) is 12.5. The minimum Gasteiger partial charge on any atom is -0.493 e. The van der Waals surface area contributed by atoms with E-state index in [0.29, 0.717) is 27.8 Å². The number of nitrogens with zero attached hydrogens (tertiary/aromatic N) is 1. The number of carbonyl (C=O) groups excluding carboxylic acids is 1. The number of anilines is 1. The molecule has 2 aromatic carbocycles. The fourth-order valence-corrected chi connectivity index (χ4v) is 2.77. The lowest BCUT2D eigenvalue weighted by Gasteiger charge is -2.11. The SMILES string of the molecule is CCc1ccccc1NC(=O)/C(C#N)=C/c1cc(Cl)c(OC)c(OC)c1. The van der Waals surface area contributed by atoms with E-state index in [1.165, 1.54) is 20.3 Å². The zero-order chi connectivity index (χ0) is 19.1. The Labute approximate surface area is 157 Å². The lowest BCUT2D eigenvalue weighted by molar-refractivity contribution is -0.112. The Morgan fingerprint density at radius 1 is 1.27 bits per heavy atom. The highest BCUT2D eigenvalue weighted by Gasteiger charge is 2.14. The summed E-state index contributed by atoms with van der Waals surface area (Å²) >= 11 is 6.17. The van der Waals surface area contributed by atoms with Crippen LogP contribution in [0.15, 0.2) is 42.0 Å². The molecule has 0 bridgehead atoms. The van der Waals surface area contributed by atoms with Crippen molar-refractivity contribution in [3.05, 3.63) is 58.1 Å². The molecular weight excluding hydrogens is 352 g/mol. The second-order valence-electron chi connectivity index (χ2n) is 5.37. The van der Waals surface area contributed by atoms with Crippen molar-refractivity contribution in [3.63, 3.8) is 0 Å². The van der Waals surface area contributed by atoms with Crippen LogP contribution in [0, 0.1) is 11.3 Å². The lowest BCUT2D eigenvalue weighted by Crippen LogP contribution is -2.14. The van der Waals surface area contributed by atoms with Gasteiger partial charge in [-0.2, -0.15) is 5.26 Å². The van der Waals surface area contributed by atoms with Gasteiger partial charge in [-0.3, -0.25) is 4.79 Å². The number of hydrogen-bond acceptors (Lipinski definition) is 4. The van der Waals surface area contributed by atoms with Crippen LogP contribution in [-0.2, 0) is 11.2 Å². The third-order valence-corrected chi connectivity index (χ3v) is 4.06. The molecule has 26 heavy (non-hydrogen) atoms. The summed E-state index contributed by atoms with van der Waals surface area (Å²) in [4.78, 5) is 12.5. The maximum Gasteiger partial charge on any atom is 0.266 e. The van der Waals surface area contributed by atoms with Crippen LogP contribution >= 0.6 is 11.6 Å². The van der Waals surface area contributed by atoms with Gasteiger partial charge in [0.25, 0.3) is 5.91 Å². The fourth-order valence-electron chi connectivity index (χ4n) is 2.48. The van der Waals surface area contributed by atoms with Gasteiger partial charge in [-0.1, -0.05) is 36.7 Å². The Balaban J connectivity index is 2.34. The van der Waals surface area contributed by atoms with Crippen molar-refractivity contribution in [3.8, 4) is 17.6 Å². The van der Waals surface area contributed by atoms with E-state index < -0.39 is 5.91 Å². The van der Waals surface area contributed by atoms with Crippen molar-refractivity contribution < 1.29 is 14.3 Å². The Morgan fingerprint density at radius 2 is 2.00 bits per heavy atom. The molecule has 2 rings (SSSR count). The van der Waals surface area contributed by atoms with Crippen LogP contribution in [-0.4, -0.2) is 20.1 Å². The van der Waals surface area contributed by atoms with Gasteiger partial charge < -0.3 is 14.8 Å². The van der Waals surface area contributed by atoms with Crippen molar-refractivity contribution in [2.75, 3.05) is 19.5 Å². The summed E-state index contributed by atoms with van der Waals surface area (Å²) in [6, 6.07) is 12.7. The van der Waals surface area contributed by atoms with Crippen molar-refractivity contribution in [1.29, 1.82) is 5.26 Å². The van der Waals surface area contributed by atoms with Crippen molar-refractivity contribution >= 4 is 29.3 Å². The van der Waals surface area contributed by atoms with E-state index in [4.69, 9.17) is 21.1 Å². The molecule has 0 aliphatic heterocycles. The molecule has 0 heterocycles. The number of halogens is 1. The smallest absolute Gasteiger partial charge is 0.266 e. The first-order valence-corrected chi connectivity index (χ1v) is 8.34. The van der Waals surface area contributed by atoms with Crippen molar-refractivity contribution in [2.45, 2.75) is 13.3 Å². The highest BCUT2D eigenvalue weighted by Crippen LogP contribution is 2.36. The maximum absolute atomic E-state index is 12.5. The topological polar surface area (TPSA) is 71.4 Å². The van der Waals surface area contributed by atoms with Gasteiger partial charge in [0, 0.05) is 5.69 Å². The van der Waals surface area contributed by atoms with Gasteiger partial charge in [0.2, 0.25) is 0 Å². The number of hydrogen-bond donors (Lipinski definition) is 1. The highest BCUT2D eigenvalue weighted by molar-refractivity contribution is 6.32. The normalized spacial score (nSPS) is 10.8. The molecule has 134 valence electrons. The molecule has 0 aliphatic rings. The van der Waals surface area contributed by atoms with Crippen LogP contribution < -0.4 is 14.8 Å². The van der Waals surface area contributed by atoms with E-state index in [-0.39, 0.29) is 5.57 Å². The third kappa shape index (κ3) is 4.35. The number of ether oxygens (including phenoxy) is 2. The van der Waals surface area contributed by atoms with Crippen LogP contribution in [0.5, 0.6) is 11.5 Å². The minimum absolute atomic E-state index is 0.0424. The molecule has 0 saturated carbocycles. The minimum atomic E-state index is -0.487. The summed E-state index contributed by atoms with van der Waals surface area (Å²) in [6.45, 7) is 2.00.